The van der Waals surface area contributed by atoms with Crippen molar-refractivity contribution in [1.29, 1.82) is 0 Å². The summed E-state index contributed by atoms with van der Waals surface area (Å²) in [6, 6.07) is 12.8. The second-order valence-corrected chi connectivity index (χ2v) is 11.4. The smallest absolute Gasteiger partial charge is 0.174 e. The minimum Gasteiger partial charge on any atom is -0.504 e. The molecule has 7 nitrogen and oxygen atoms in total. The molecule has 2 heterocycles. The highest BCUT2D eigenvalue weighted by molar-refractivity contribution is 5.90. The molecule has 2 aliphatic heterocycles. The third kappa shape index (κ3) is 3.51. The van der Waals surface area contributed by atoms with Crippen LogP contribution in [0.5, 0.6) is 11.5 Å². The van der Waals surface area contributed by atoms with E-state index in [1.165, 1.54) is 12.8 Å². The standard InChI is InChI=1S/C29H33NO6.ClH/c31-20-9-8-19-14-23-29(35-16-22(33)25(34)18-4-2-1-3-5-18)11-10-21(32)27-28(29,24(19)26(20)36-27)12-13-30(23)15-17-6-7-17;/h1-5,8-9,17,22-23,25,27,31,33-34H,6-7,10-16H2;1H/t22?,23-,25?,27+,28+,29-;/m1./s1. The maximum absolute atomic E-state index is 13.3. The Labute approximate surface area is 222 Å². The molecule has 3 N–H and O–H groups in total. The molecule has 5 aliphatic rings. The largest absolute Gasteiger partial charge is 0.504 e. The van der Waals surface area contributed by atoms with Gasteiger partial charge in [-0.15, -0.1) is 12.4 Å². The predicted octanol–water partition coefficient (Wildman–Crippen LogP) is 3.07. The SMILES string of the molecule is Cl.O=C1CC[C@@]2(OCC(O)C(O)c3ccccc3)[C@H]3Cc4ccc(O)c5c4[C@@]2(CCN3CC2CC2)[C@H]1O5. The summed E-state index contributed by atoms with van der Waals surface area (Å²) in [5.41, 5.74) is 1.24. The second-order valence-electron chi connectivity index (χ2n) is 11.4. The Kier molecular flexibility index (Phi) is 6.08. The molecule has 8 heteroatoms. The first kappa shape index (κ1) is 25.1. The summed E-state index contributed by atoms with van der Waals surface area (Å²) in [7, 11) is 0. The van der Waals surface area contributed by atoms with Crippen LogP contribution in [0.1, 0.15) is 54.9 Å². The van der Waals surface area contributed by atoms with Crippen LogP contribution in [0.3, 0.4) is 0 Å². The zero-order valence-electron chi connectivity index (χ0n) is 20.7. The van der Waals surface area contributed by atoms with Gasteiger partial charge in [-0.1, -0.05) is 36.4 Å². The van der Waals surface area contributed by atoms with Crippen LogP contribution < -0.4 is 4.74 Å². The summed E-state index contributed by atoms with van der Waals surface area (Å²) in [5.74, 6) is 1.26. The molecule has 2 aromatic rings. The van der Waals surface area contributed by atoms with Crippen LogP contribution in [0, 0.1) is 5.92 Å². The van der Waals surface area contributed by atoms with E-state index in [1.807, 2.05) is 24.3 Å². The van der Waals surface area contributed by atoms with Gasteiger partial charge in [0.25, 0.3) is 0 Å². The second kappa shape index (κ2) is 8.95. The number of aliphatic hydroxyl groups is 2. The Hall–Kier alpha value is -2.16. The number of benzene rings is 2. The molecule has 2 aromatic carbocycles. The van der Waals surface area contributed by atoms with Crippen LogP contribution in [0.15, 0.2) is 42.5 Å². The molecule has 2 unspecified atom stereocenters. The minimum absolute atomic E-state index is 0. The van der Waals surface area contributed by atoms with E-state index in [0.717, 1.165) is 30.6 Å². The van der Waals surface area contributed by atoms with Gasteiger partial charge in [0.1, 0.15) is 12.2 Å². The van der Waals surface area contributed by atoms with E-state index in [1.54, 1.807) is 18.2 Å². The highest BCUT2D eigenvalue weighted by atomic mass is 35.5. The summed E-state index contributed by atoms with van der Waals surface area (Å²) in [6.07, 6.45) is 1.95. The number of hydrogen-bond acceptors (Lipinski definition) is 7. The maximum Gasteiger partial charge on any atom is 0.174 e. The van der Waals surface area contributed by atoms with Crippen molar-refractivity contribution < 1.29 is 29.6 Å². The van der Waals surface area contributed by atoms with E-state index in [2.05, 4.69) is 4.90 Å². The van der Waals surface area contributed by atoms with Gasteiger partial charge in [-0.2, -0.15) is 0 Å². The molecule has 198 valence electrons. The first-order valence-electron chi connectivity index (χ1n) is 13.3. The topological polar surface area (TPSA) is 99.5 Å². The van der Waals surface area contributed by atoms with Crippen LogP contribution in [-0.2, 0) is 21.4 Å². The lowest BCUT2D eigenvalue weighted by atomic mass is 9.48. The molecular weight excluding hydrogens is 494 g/mol. The molecule has 7 rings (SSSR count). The molecule has 1 saturated heterocycles. The molecule has 0 aromatic heterocycles. The number of carbonyl (C=O) groups is 1. The van der Waals surface area contributed by atoms with Crippen molar-refractivity contribution in [2.24, 2.45) is 5.92 Å². The molecule has 1 spiro atoms. The number of aliphatic hydroxyl groups excluding tert-OH is 2. The van der Waals surface area contributed by atoms with E-state index >= 15 is 0 Å². The van der Waals surface area contributed by atoms with E-state index < -0.39 is 29.3 Å². The number of likely N-dealkylation sites (tertiary alicyclic amines) is 1. The number of carbonyl (C=O) groups excluding carboxylic acids is 1. The lowest BCUT2D eigenvalue weighted by Gasteiger charge is -2.64. The average Bonchev–Trinajstić information content (AvgIpc) is 3.64. The highest BCUT2D eigenvalue weighted by Gasteiger charge is 2.74. The first-order chi connectivity index (χ1) is 17.4. The average molecular weight is 528 g/mol. The van der Waals surface area contributed by atoms with Gasteiger partial charge < -0.3 is 24.8 Å². The van der Waals surface area contributed by atoms with E-state index in [-0.39, 0.29) is 36.6 Å². The third-order valence-corrected chi connectivity index (χ3v) is 9.54. The van der Waals surface area contributed by atoms with Crippen molar-refractivity contribution in [3.05, 3.63) is 59.2 Å². The van der Waals surface area contributed by atoms with Gasteiger partial charge in [-0.3, -0.25) is 9.69 Å². The Morgan fingerprint density at radius 1 is 1.11 bits per heavy atom. The van der Waals surface area contributed by atoms with E-state index in [4.69, 9.17) is 9.47 Å². The molecule has 2 saturated carbocycles. The summed E-state index contributed by atoms with van der Waals surface area (Å²) < 4.78 is 13.1. The molecule has 3 aliphatic carbocycles. The zero-order chi connectivity index (χ0) is 24.7. The van der Waals surface area contributed by atoms with Crippen LogP contribution in [-0.4, -0.2) is 69.5 Å². The number of ether oxygens (including phenoxy) is 2. The Morgan fingerprint density at radius 3 is 2.65 bits per heavy atom. The molecule has 0 amide bonds. The Morgan fingerprint density at radius 2 is 1.89 bits per heavy atom. The fourth-order valence-corrected chi connectivity index (χ4v) is 7.73. The van der Waals surface area contributed by atoms with Crippen molar-refractivity contribution in [2.45, 2.75) is 73.9 Å². The zero-order valence-corrected chi connectivity index (χ0v) is 21.5. The molecular formula is C29H34ClNO6. The third-order valence-electron chi connectivity index (χ3n) is 9.54. The number of piperidine rings is 1. The van der Waals surface area contributed by atoms with E-state index in [9.17, 15) is 20.1 Å². The van der Waals surface area contributed by atoms with Crippen molar-refractivity contribution in [3.8, 4) is 11.5 Å². The summed E-state index contributed by atoms with van der Waals surface area (Å²) in [6.45, 7) is 1.82. The van der Waals surface area contributed by atoms with Crippen LogP contribution >= 0.6 is 12.4 Å². The molecule has 6 atom stereocenters. The van der Waals surface area contributed by atoms with Crippen LogP contribution in [0.2, 0.25) is 0 Å². The van der Waals surface area contributed by atoms with Gasteiger partial charge in [-0.05, 0) is 61.8 Å². The molecule has 2 bridgehead atoms. The number of hydrogen-bond donors (Lipinski definition) is 3. The van der Waals surface area contributed by atoms with Crippen molar-refractivity contribution in [1.82, 2.24) is 4.90 Å². The number of ketones is 1. The molecule has 3 fully saturated rings. The van der Waals surface area contributed by atoms with Gasteiger partial charge >= 0.3 is 0 Å². The predicted molar refractivity (Wildman–Crippen MR) is 138 cm³/mol. The highest BCUT2D eigenvalue weighted by Crippen LogP contribution is 2.66. The normalized spacial score (nSPS) is 33.2. The van der Waals surface area contributed by atoms with Crippen molar-refractivity contribution in [2.75, 3.05) is 19.7 Å². The first-order valence-corrected chi connectivity index (χ1v) is 13.3. The lowest BCUT2D eigenvalue weighted by molar-refractivity contribution is -0.226. The quantitative estimate of drug-likeness (QED) is 0.509. The van der Waals surface area contributed by atoms with Gasteiger partial charge in [0.2, 0.25) is 0 Å². The van der Waals surface area contributed by atoms with Crippen molar-refractivity contribution in [3.63, 3.8) is 0 Å². The van der Waals surface area contributed by atoms with E-state index in [0.29, 0.717) is 36.5 Å². The summed E-state index contributed by atoms with van der Waals surface area (Å²) >= 11 is 0. The lowest BCUT2D eigenvalue weighted by Crippen LogP contribution is -2.77. The van der Waals surface area contributed by atoms with Gasteiger partial charge in [0, 0.05) is 24.6 Å². The number of aromatic hydroxyl groups is 1. The minimum atomic E-state index is -1.11. The number of nitrogens with zero attached hydrogens (tertiary/aromatic N) is 1. The van der Waals surface area contributed by atoms with Gasteiger partial charge in [-0.25, -0.2) is 0 Å². The fourth-order valence-electron chi connectivity index (χ4n) is 7.73. The van der Waals surface area contributed by atoms with Crippen LogP contribution in [0.25, 0.3) is 0 Å². The molecule has 37 heavy (non-hydrogen) atoms. The van der Waals surface area contributed by atoms with Crippen LogP contribution in [0.4, 0.5) is 0 Å². The van der Waals surface area contributed by atoms with Gasteiger partial charge in [0.15, 0.2) is 23.4 Å². The van der Waals surface area contributed by atoms with Gasteiger partial charge in [0.05, 0.1) is 17.6 Å². The number of halogens is 1. The Balaban J connectivity index is 0.00000252. The monoisotopic (exact) mass is 527 g/mol. The summed E-state index contributed by atoms with van der Waals surface area (Å²) in [5, 5.41) is 32.6. The maximum atomic E-state index is 13.3. The van der Waals surface area contributed by atoms with Crippen molar-refractivity contribution >= 4 is 18.2 Å². The number of Topliss-reactive ketones (excluding diaryl/α,β-unsaturated/α-hetero) is 1. The number of phenolic OH excluding ortho intramolecular Hbond substituents is 1. The number of rotatable bonds is 7. The Bertz CT molecular complexity index is 1200. The summed E-state index contributed by atoms with van der Waals surface area (Å²) in [4.78, 5) is 15.9. The molecule has 0 radical (unpaired) electrons. The number of phenols is 1. The fraction of sp³-hybridized carbons (Fsp3) is 0.552.